The maximum absolute atomic E-state index is 12.2. The lowest BCUT2D eigenvalue weighted by Gasteiger charge is -2.15. The number of hydrogen-bond donors (Lipinski definition) is 0. The lowest BCUT2D eigenvalue weighted by atomic mass is 10.0. The van der Waals surface area contributed by atoms with Crippen LogP contribution in [0.3, 0.4) is 0 Å². The number of ether oxygens (including phenoxy) is 2. The molecule has 0 bridgehead atoms. The van der Waals surface area contributed by atoms with Gasteiger partial charge in [0.05, 0.1) is 12.8 Å². The van der Waals surface area contributed by atoms with Gasteiger partial charge < -0.3 is 9.47 Å². The Labute approximate surface area is 156 Å². The van der Waals surface area contributed by atoms with Gasteiger partial charge in [0.1, 0.15) is 11.5 Å². The third-order valence-electron chi connectivity index (χ3n) is 4.40. The Hall–Kier alpha value is -2.36. The molecular formula is C22H29NO3. The fourth-order valence-electron chi connectivity index (χ4n) is 2.62. The smallest absolute Gasteiger partial charge is 0.311 e. The number of unbranched alkanes of at least 4 members (excludes halogenated alkanes) is 2. The lowest BCUT2D eigenvalue weighted by Crippen LogP contribution is -2.12. The van der Waals surface area contributed by atoms with Gasteiger partial charge in [-0.2, -0.15) is 0 Å². The molecule has 1 aromatic carbocycles. The van der Waals surface area contributed by atoms with Crippen LogP contribution in [0.15, 0.2) is 42.7 Å². The van der Waals surface area contributed by atoms with Crippen molar-refractivity contribution in [1.29, 1.82) is 0 Å². The van der Waals surface area contributed by atoms with E-state index in [1.807, 2.05) is 30.3 Å². The molecule has 0 saturated heterocycles. The van der Waals surface area contributed by atoms with Gasteiger partial charge in [-0.3, -0.25) is 9.78 Å². The highest BCUT2D eigenvalue weighted by Crippen LogP contribution is 2.36. The molecule has 1 atom stereocenters. The van der Waals surface area contributed by atoms with Gasteiger partial charge >= 0.3 is 5.97 Å². The fourth-order valence-corrected chi connectivity index (χ4v) is 2.62. The van der Waals surface area contributed by atoms with Gasteiger partial charge in [-0.15, -0.1) is 0 Å². The third kappa shape index (κ3) is 5.87. The third-order valence-corrected chi connectivity index (χ3v) is 4.40. The molecule has 1 aromatic heterocycles. The van der Waals surface area contributed by atoms with E-state index in [2.05, 4.69) is 25.8 Å². The van der Waals surface area contributed by atoms with Crippen LogP contribution in [0, 0.1) is 5.92 Å². The van der Waals surface area contributed by atoms with Gasteiger partial charge in [0.15, 0.2) is 0 Å². The quantitative estimate of drug-likeness (QED) is 0.313. The lowest BCUT2D eigenvalue weighted by molar-refractivity contribution is -0.135. The first-order chi connectivity index (χ1) is 12.7. The van der Waals surface area contributed by atoms with E-state index in [1.165, 1.54) is 0 Å². The van der Waals surface area contributed by atoms with Crippen LogP contribution < -0.4 is 9.47 Å². The molecule has 2 rings (SSSR count). The molecular weight excluding hydrogens is 326 g/mol. The van der Waals surface area contributed by atoms with Crippen LogP contribution in [-0.2, 0) is 4.79 Å². The summed E-state index contributed by atoms with van der Waals surface area (Å²) in [6.07, 6.45) is 8.12. The maximum Gasteiger partial charge on any atom is 0.311 e. The molecule has 0 spiro atoms. The monoisotopic (exact) mass is 355 g/mol. The zero-order valence-corrected chi connectivity index (χ0v) is 16.0. The van der Waals surface area contributed by atoms with E-state index in [1.54, 1.807) is 12.4 Å². The van der Waals surface area contributed by atoms with Crippen LogP contribution in [0.25, 0.3) is 11.1 Å². The van der Waals surface area contributed by atoms with E-state index in [0.29, 0.717) is 30.4 Å². The van der Waals surface area contributed by atoms with Crippen molar-refractivity contribution >= 4 is 5.97 Å². The summed E-state index contributed by atoms with van der Waals surface area (Å²) in [5.41, 5.74) is 1.74. The van der Waals surface area contributed by atoms with Crippen molar-refractivity contribution in [1.82, 2.24) is 4.98 Å². The standard InChI is InChI=1S/C22H29NO3/c1-4-6-9-14-25-21-16-23-13-12-19(21)18-10-7-8-11-20(18)26-22(24)15-17(3)5-2/h7-8,10-13,16-17H,4-6,9,14-15H2,1-3H3. The Morgan fingerprint density at radius 2 is 1.85 bits per heavy atom. The molecule has 4 heteroatoms. The highest BCUT2D eigenvalue weighted by atomic mass is 16.5. The van der Waals surface area contributed by atoms with E-state index in [9.17, 15) is 4.79 Å². The summed E-state index contributed by atoms with van der Waals surface area (Å²) in [6, 6.07) is 9.47. The predicted molar refractivity (Wildman–Crippen MR) is 104 cm³/mol. The number of rotatable bonds is 10. The molecule has 0 saturated carbocycles. The van der Waals surface area contributed by atoms with Crippen molar-refractivity contribution in [3.63, 3.8) is 0 Å². The Kier molecular flexibility index (Phi) is 8.13. The van der Waals surface area contributed by atoms with Crippen LogP contribution in [-0.4, -0.2) is 17.6 Å². The second kappa shape index (κ2) is 10.6. The van der Waals surface area contributed by atoms with Crippen LogP contribution in [0.2, 0.25) is 0 Å². The summed E-state index contributed by atoms with van der Waals surface area (Å²) < 4.78 is 11.6. The van der Waals surface area contributed by atoms with Crippen LogP contribution in [0.4, 0.5) is 0 Å². The number of carbonyl (C=O) groups excluding carboxylic acids is 1. The molecule has 2 aromatic rings. The molecule has 0 aliphatic rings. The summed E-state index contributed by atoms with van der Waals surface area (Å²) in [7, 11) is 0. The maximum atomic E-state index is 12.2. The number of esters is 1. The summed E-state index contributed by atoms with van der Waals surface area (Å²) in [6.45, 7) is 6.95. The highest BCUT2D eigenvalue weighted by molar-refractivity contribution is 5.80. The minimum Gasteiger partial charge on any atom is -0.491 e. The SMILES string of the molecule is CCCCCOc1cnccc1-c1ccccc1OC(=O)CC(C)CC. The second-order valence-corrected chi connectivity index (χ2v) is 6.62. The van der Waals surface area contributed by atoms with Crippen molar-refractivity contribution < 1.29 is 14.3 Å². The molecule has 0 amide bonds. The van der Waals surface area contributed by atoms with E-state index >= 15 is 0 Å². The molecule has 0 fully saturated rings. The van der Waals surface area contributed by atoms with Crippen molar-refractivity contribution in [3.8, 4) is 22.6 Å². The van der Waals surface area contributed by atoms with E-state index in [0.717, 1.165) is 36.8 Å². The molecule has 140 valence electrons. The largest absolute Gasteiger partial charge is 0.491 e. The van der Waals surface area contributed by atoms with Gasteiger partial charge in [0.25, 0.3) is 0 Å². The van der Waals surface area contributed by atoms with Gasteiger partial charge in [0.2, 0.25) is 0 Å². The first kappa shape index (κ1) is 20.0. The van der Waals surface area contributed by atoms with E-state index in [4.69, 9.17) is 9.47 Å². The molecule has 0 aliphatic carbocycles. The molecule has 0 radical (unpaired) electrons. The van der Waals surface area contributed by atoms with Gasteiger partial charge in [-0.1, -0.05) is 58.2 Å². The summed E-state index contributed by atoms with van der Waals surface area (Å²) in [5.74, 6) is 1.39. The zero-order chi connectivity index (χ0) is 18.8. The number of aromatic nitrogens is 1. The average molecular weight is 355 g/mol. The second-order valence-electron chi connectivity index (χ2n) is 6.62. The number of nitrogens with zero attached hydrogens (tertiary/aromatic N) is 1. The van der Waals surface area contributed by atoms with Gasteiger partial charge in [0, 0.05) is 23.7 Å². The molecule has 0 aliphatic heterocycles. The Morgan fingerprint density at radius 3 is 2.62 bits per heavy atom. The molecule has 1 unspecified atom stereocenters. The molecule has 4 nitrogen and oxygen atoms in total. The number of benzene rings is 1. The topological polar surface area (TPSA) is 48.4 Å². The predicted octanol–water partition coefficient (Wildman–Crippen LogP) is 5.66. The minimum absolute atomic E-state index is 0.203. The van der Waals surface area contributed by atoms with Crippen molar-refractivity contribution in [2.45, 2.75) is 52.9 Å². The van der Waals surface area contributed by atoms with Crippen molar-refractivity contribution in [2.24, 2.45) is 5.92 Å². The van der Waals surface area contributed by atoms with Crippen molar-refractivity contribution in [2.75, 3.05) is 6.61 Å². The van der Waals surface area contributed by atoms with Crippen molar-refractivity contribution in [3.05, 3.63) is 42.7 Å². The Morgan fingerprint density at radius 1 is 1.08 bits per heavy atom. The number of carbonyl (C=O) groups is 1. The fraction of sp³-hybridized carbons (Fsp3) is 0.455. The van der Waals surface area contributed by atoms with Gasteiger partial charge in [-0.05, 0) is 24.5 Å². The van der Waals surface area contributed by atoms with Gasteiger partial charge in [-0.25, -0.2) is 0 Å². The first-order valence-corrected chi connectivity index (χ1v) is 9.52. The number of para-hydroxylation sites is 1. The summed E-state index contributed by atoms with van der Waals surface area (Å²) in [5, 5.41) is 0. The van der Waals surface area contributed by atoms with E-state index in [-0.39, 0.29) is 5.97 Å². The minimum atomic E-state index is -0.203. The molecule has 1 heterocycles. The molecule has 26 heavy (non-hydrogen) atoms. The van der Waals surface area contributed by atoms with E-state index < -0.39 is 0 Å². The Bertz CT molecular complexity index is 699. The normalized spacial score (nSPS) is 11.8. The first-order valence-electron chi connectivity index (χ1n) is 9.52. The van der Waals surface area contributed by atoms with Crippen LogP contribution in [0.1, 0.15) is 52.9 Å². The average Bonchev–Trinajstić information content (AvgIpc) is 2.66. The van der Waals surface area contributed by atoms with Crippen LogP contribution >= 0.6 is 0 Å². The summed E-state index contributed by atoms with van der Waals surface area (Å²) >= 11 is 0. The van der Waals surface area contributed by atoms with Crippen LogP contribution in [0.5, 0.6) is 11.5 Å². The zero-order valence-electron chi connectivity index (χ0n) is 16.0. The summed E-state index contributed by atoms with van der Waals surface area (Å²) in [4.78, 5) is 16.4. The molecule has 0 N–H and O–H groups in total. The number of hydrogen-bond acceptors (Lipinski definition) is 4. The highest BCUT2D eigenvalue weighted by Gasteiger charge is 2.15. The Balaban J connectivity index is 2.20. The number of pyridine rings is 1.